The van der Waals surface area contributed by atoms with Gasteiger partial charge < -0.3 is 4.90 Å². The van der Waals surface area contributed by atoms with Crippen LogP contribution in [0.2, 0.25) is 0 Å². The Morgan fingerprint density at radius 2 is 1.03 bits per heavy atom. The van der Waals surface area contributed by atoms with E-state index in [1.807, 2.05) is 0 Å². The number of nitrogens with zero attached hydrogens (tertiary/aromatic N) is 1. The third-order valence-electron chi connectivity index (χ3n) is 8.73. The summed E-state index contributed by atoms with van der Waals surface area (Å²) in [6.45, 7) is 0. The first-order valence-corrected chi connectivity index (χ1v) is 12.7. The lowest BCUT2D eigenvalue weighted by molar-refractivity contribution is 1.01. The minimum Gasteiger partial charge on any atom is -0.309 e. The van der Waals surface area contributed by atoms with E-state index in [1.54, 1.807) is 11.1 Å². The third kappa shape index (κ3) is 2.24. The molecule has 2 aliphatic heterocycles. The molecule has 1 nitrogen and oxygen atoms in total. The van der Waals surface area contributed by atoms with E-state index < -0.39 is 0 Å². The van der Waals surface area contributed by atoms with Gasteiger partial charge in [-0.05, 0) is 80.1 Å². The van der Waals surface area contributed by atoms with Crippen LogP contribution >= 0.6 is 0 Å². The number of fused-ring (bicyclic) bond motifs is 12. The zero-order valence-electron chi connectivity index (χ0n) is 19.4. The van der Waals surface area contributed by atoms with Crippen molar-refractivity contribution in [1.82, 2.24) is 0 Å². The van der Waals surface area contributed by atoms with Crippen LogP contribution in [-0.2, 0) is 25.7 Å². The third-order valence-corrected chi connectivity index (χ3v) is 8.73. The number of hydrogen-bond acceptors (Lipinski definition) is 1. The Bertz CT molecular complexity index is 1740. The maximum absolute atomic E-state index is 2.61. The molecule has 0 N–H and O–H groups in total. The van der Waals surface area contributed by atoms with Gasteiger partial charge in [0.2, 0.25) is 0 Å². The average Bonchev–Trinajstić information content (AvgIpc) is 3.47. The highest BCUT2D eigenvalue weighted by Gasteiger charge is 2.37. The van der Waals surface area contributed by atoms with Crippen LogP contribution in [0.1, 0.15) is 44.5 Å². The lowest BCUT2D eigenvalue weighted by Gasteiger charge is -2.40. The van der Waals surface area contributed by atoms with Crippen LogP contribution in [0.3, 0.4) is 0 Å². The number of rotatable bonds is 0. The van der Waals surface area contributed by atoms with E-state index in [2.05, 4.69) is 95.9 Å². The molecular formula is C34H23N. The van der Waals surface area contributed by atoms with Crippen molar-refractivity contribution in [3.05, 3.63) is 136 Å². The van der Waals surface area contributed by atoms with Gasteiger partial charge in [0, 0.05) is 24.1 Å². The Labute approximate surface area is 205 Å². The van der Waals surface area contributed by atoms with Crippen molar-refractivity contribution in [2.45, 2.75) is 25.7 Å². The molecule has 0 aromatic heterocycles. The Balaban J connectivity index is 1.32. The molecule has 164 valence electrons. The number of benzene rings is 5. The van der Waals surface area contributed by atoms with E-state index in [0.29, 0.717) is 0 Å². The van der Waals surface area contributed by atoms with E-state index in [-0.39, 0.29) is 0 Å². The standard InChI is InChI=1S/C34H23N/c1-3-10-26-20(6-1)18-29-27(26)14-15-28-30(29)19-22-12-13-25-17-24-9-5-8-23-16-21-7-2-4-11-31(21)35(33(23)24)34(25)32(22)28/h1-15H,16-19H2. The minimum atomic E-state index is 1.01. The molecule has 5 aromatic carbocycles. The first-order chi connectivity index (χ1) is 17.3. The van der Waals surface area contributed by atoms with Crippen molar-refractivity contribution in [1.29, 1.82) is 0 Å². The summed E-state index contributed by atoms with van der Waals surface area (Å²) in [5.74, 6) is 0. The maximum Gasteiger partial charge on any atom is 0.0578 e. The summed E-state index contributed by atoms with van der Waals surface area (Å²) >= 11 is 0. The second-order valence-electron chi connectivity index (χ2n) is 10.5. The van der Waals surface area contributed by atoms with Crippen LogP contribution < -0.4 is 4.90 Å². The molecule has 0 atom stereocenters. The molecule has 0 saturated heterocycles. The fraction of sp³-hybridized carbons (Fsp3) is 0.118. The van der Waals surface area contributed by atoms with E-state index in [4.69, 9.17) is 0 Å². The van der Waals surface area contributed by atoms with E-state index >= 15 is 0 Å². The van der Waals surface area contributed by atoms with Gasteiger partial charge in [0.1, 0.15) is 0 Å². The molecule has 0 saturated carbocycles. The topological polar surface area (TPSA) is 3.24 Å². The Morgan fingerprint density at radius 1 is 0.400 bits per heavy atom. The number of para-hydroxylation sites is 2. The molecule has 0 radical (unpaired) electrons. The Hall–Kier alpha value is -4.10. The first-order valence-electron chi connectivity index (χ1n) is 12.7. The molecule has 4 aliphatic rings. The van der Waals surface area contributed by atoms with Crippen LogP contribution in [0.5, 0.6) is 0 Å². The smallest absolute Gasteiger partial charge is 0.0578 e. The van der Waals surface area contributed by atoms with Crippen LogP contribution in [0.4, 0.5) is 17.1 Å². The van der Waals surface area contributed by atoms with Crippen molar-refractivity contribution < 1.29 is 0 Å². The van der Waals surface area contributed by atoms with Crippen LogP contribution in [0, 0.1) is 0 Å². The van der Waals surface area contributed by atoms with Gasteiger partial charge in [0.15, 0.2) is 0 Å². The summed E-state index contributed by atoms with van der Waals surface area (Å²) in [6, 6.07) is 34.5. The molecule has 35 heavy (non-hydrogen) atoms. The zero-order chi connectivity index (χ0) is 22.7. The van der Waals surface area contributed by atoms with Gasteiger partial charge in [-0.25, -0.2) is 0 Å². The predicted octanol–water partition coefficient (Wildman–Crippen LogP) is 8.11. The summed E-state index contributed by atoms with van der Waals surface area (Å²) in [5, 5.41) is 0. The number of anilines is 3. The van der Waals surface area contributed by atoms with Crippen LogP contribution in [0.25, 0.3) is 22.3 Å². The normalized spacial score (nSPS) is 14.9. The van der Waals surface area contributed by atoms with Gasteiger partial charge in [-0.1, -0.05) is 84.9 Å². The molecule has 1 heteroatoms. The van der Waals surface area contributed by atoms with Gasteiger partial charge >= 0.3 is 0 Å². The Morgan fingerprint density at radius 3 is 1.94 bits per heavy atom. The van der Waals surface area contributed by atoms with Crippen LogP contribution in [0.15, 0.2) is 91.0 Å². The molecule has 0 fully saturated rings. The summed E-state index contributed by atoms with van der Waals surface area (Å²) in [5.41, 5.74) is 21.8. The minimum absolute atomic E-state index is 1.01. The number of hydrogen-bond donors (Lipinski definition) is 0. The average molecular weight is 446 g/mol. The van der Waals surface area contributed by atoms with Gasteiger partial charge in [-0.3, -0.25) is 0 Å². The Kier molecular flexibility index (Phi) is 3.29. The van der Waals surface area contributed by atoms with Crippen molar-refractivity contribution in [3.8, 4) is 22.3 Å². The molecule has 2 aliphatic carbocycles. The SMILES string of the molecule is c1ccc2c(c1)Cc1c-2ccc2c1Cc1ccc3c(c1-2)N1c2ccccc2Cc2cccc(c21)C3. The highest BCUT2D eigenvalue weighted by Crippen LogP contribution is 2.57. The van der Waals surface area contributed by atoms with E-state index in [1.165, 1.54) is 72.7 Å². The van der Waals surface area contributed by atoms with Crippen molar-refractivity contribution >= 4 is 17.1 Å². The molecular weight excluding hydrogens is 422 g/mol. The zero-order valence-corrected chi connectivity index (χ0v) is 19.4. The highest BCUT2D eigenvalue weighted by atomic mass is 15.2. The molecule has 2 heterocycles. The van der Waals surface area contributed by atoms with Gasteiger partial charge in [0.25, 0.3) is 0 Å². The summed E-state index contributed by atoms with van der Waals surface area (Å²) in [4.78, 5) is 2.61. The molecule has 0 unspecified atom stereocenters. The molecule has 0 amide bonds. The van der Waals surface area contributed by atoms with Crippen molar-refractivity contribution in [2.24, 2.45) is 0 Å². The van der Waals surface area contributed by atoms with E-state index in [9.17, 15) is 0 Å². The van der Waals surface area contributed by atoms with Crippen molar-refractivity contribution in [3.63, 3.8) is 0 Å². The predicted molar refractivity (Wildman–Crippen MR) is 143 cm³/mol. The second kappa shape index (κ2) is 6.31. The highest BCUT2D eigenvalue weighted by molar-refractivity contribution is 6.00. The van der Waals surface area contributed by atoms with Gasteiger partial charge in [-0.2, -0.15) is 0 Å². The molecule has 0 bridgehead atoms. The van der Waals surface area contributed by atoms with E-state index in [0.717, 1.165) is 25.7 Å². The lowest BCUT2D eigenvalue weighted by atomic mass is 9.84. The quantitative estimate of drug-likeness (QED) is 0.228. The fourth-order valence-electron chi connectivity index (χ4n) is 7.28. The molecule has 0 spiro atoms. The molecule has 9 rings (SSSR count). The maximum atomic E-state index is 2.61. The van der Waals surface area contributed by atoms with Crippen LogP contribution in [-0.4, -0.2) is 0 Å². The fourth-order valence-corrected chi connectivity index (χ4v) is 7.28. The first kappa shape index (κ1) is 18.3. The van der Waals surface area contributed by atoms with Gasteiger partial charge in [0.05, 0.1) is 11.4 Å². The largest absolute Gasteiger partial charge is 0.309 e. The van der Waals surface area contributed by atoms with Gasteiger partial charge in [-0.15, -0.1) is 0 Å². The summed E-state index contributed by atoms with van der Waals surface area (Å²) < 4.78 is 0. The second-order valence-corrected chi connectivity index (χ2v) is 10.5. The summed E-state index contributed by atoms with van der Waals surface area (Å²) in [6.07, 6.45) is 4.13. The monoisotopic (exact) mass is 445 g/mol. The van der Waals surface area contributed by atoms with Crippen molar-refractivity contribution in [2.75, 3.05) is 4.90 Å². The lowest BCUT2D eigenvalue weighted by Crippen LogP contribution is -2.25. The molecule has 5 aromatic rings. The summed E-state index contributed by atoms with van der Waals surface area (Å²) in [7, 11) is 0.